The van der Waals surface area contributed by atoms with E-state index in [1.54, 1.807) is 0 Å². The lowest BCUT2D eigenvalue weighted by Gasteiger charge is -2.38. The zero-order valence-electron chi connectivity index (χ0n) is 14.0. The Morgan fingerprint density at radius 2 is 1.58 bits per heavy atom. The average Bonchev–Trinajstić information content (AvgIpc) is 2.60. The minimum Gasteiger partial charge on any atom is -0.497 e. The van der Waals surface area contributed by atoms with Crippen molar-refractivity contribution in [1.82, 2.24) is 4.90 Å². The van der Waals surface area contributed by atoms with E-state index >= 15 is 0 Å². The highest BCUT2D eigenvalue weighted by Gasteiger charge is 2.51. The van der Waals surface area contributed by atoms with Gasteiger partial charge in [0.25, 0.3) is 0 Å². The van der Waals surface area contributed by atoms with Gasteiger partial charge in [0.1, 0.15) is 5.75 Å². The van der Waals surface area contributed by atoms with Crippen LogP contribution in [0.2, 0.25) is 0 Å². The Morgan fingerprint density at radius 3 is 2.33 bits per heavy atom. The molecule has 24 heavy (non-hydrogen) atoms. The maximum absolute atomic E-state index is 6.39. The normalized spacial score (nSPS) is 19.7. The first-order valence-electron chi connectivity index (χ1n) is 8.70. The van der Waals surface area contributed by atoms with Gasteiger partial charge in [-0.1, -0.05) is 49.4 Å². The van der Waals surface area contributed by atoms with Gasteiger partial charge >= 0.3 is 8.80 Å². The Balaban J connectivity index is 1.69. The molecule has 0 saturated carbocycles. The van der Waals surface area contributed by atoms with Crippen LogP contribution in [0.15, 0.2) is 48.5 Å². The summed E-state index contributed by atoms with van der Waals surface area (Å²) in [5.41, 5.74) is 2.30. The molecule has 2 aromatic carbocycles. The summed E-state index contributed by atoms with van der Waals surface area (Å²) in [7, 11) is -2.90. The molecule has 0 aromatic heterocycles. The molecule has 126 valence electrons. The van der Waals surface area contributed by atoms with Gasteiger partial charge in [-0.3, -0.25) is 4.90 Å². The molecule has 4 rings (SSSR count). The number of nitrogens with zero attached hydrogens (tertiary/aromatic N) is 1. The van der Waals surface area contributed by atoms with Gasteiger partial charge in [0, 0.05) is 23.8 Å². The van der Waals surface area contributed by atoms with Crippen molar-refractivity contribution in [2.45, 2.75) is 13.3 Å². The number of fused-ring (bicyclic) bond motifs is 4. The summed E-state index contributed by atoms with van der Waals surface area (Å²) < 4.78 is 19.0. The summed E-state index contributed by atoms with van der Waals surface area (Å²) in [6, 6.07) is 16.5. The smallest absolute Gasteiger partial charge is 0.497 e. The van der Waals surface area contributed by atoms with Gasteiger partial charge in [0.05, 0.1) is 13.2 Å². The van der Waals surface area contributed by atoms with Gasteiger partial charge < -0.3 is 13.3 Å². The van der Waals surface area contributed by atoms with E-state index in [0.29, 0.717) is 13.2 Å². The van der Waals surface area contributed by atoms with Crippen LogP contribution in [0.1, 0.15) is 13.3 Å². The van der Waals surface area contributed by atoms with E-state index in [1.165, 1.54) is 5.56 Å². The summed E-state index contributed by atoms with van der Waals surface area (Å²) in [5, 5.41) is 1.09. The lowest BCUT2D eigenvalue weighted by molar-refractivity contribution is 0.0645. The number of para-hydroxylation sites is 1. The SMILES string of the molecule is CCCN1CCO[Si]2(OCC1)Oc1ccccc1-c1ccccc12. The van der Waals surface area contributed by atoms with Gasteiger partial charge in [0.15, 0.2) is 0 Å². The van der Waals surface area contributed by atoms with E-state index in [9.17, 15) is 0 Å². The Bertz CT molecular complexity index is 711. The zero-order valence-corrected chi connectivity index (χ0v) is 15.0. The van der Waals surface area contributed by atoms with Crippen LogP contribution in [0.4, 0.5) is 0 Å². The van der Waals surface area contributed by atoms with Crippen LogP contribution in [0.25, 0.3) is 11.1 Å². The standard InChI is InChI=1S/C19H23NO3Si/c1-2-11-20-12-14-21-24(22-15-13-20)19-10-6-4-8-17(19)16-7-3-5-9-18(16)23-24/h3-10H,2,11-15H2,1H3. The molecule has 2 heterocycles. The lowest BCUT2D eigenvalue weighted by Crippen LogP contribution is -2.63. The predicted octanol–water partition coefficient (Wildman–Crippen LogP) is 2.65. The fourth-order valence-electron chi connectivity index (χ4n) is 3.49. The zero-order chi connectivity index (χ0) is 16.4. The largest absolute Gasteiger partial charge is 0.603 e. The molecule has 0 atom stereocenters. The first kappa shape index (κ1) is 15.8. The molecule has 0 aliphatic carbocycles. The second-order valence-electron chi connectivity index (χ2n) is 6.24. The number of hydrogen-bond acceptors (Lipinski definition) is 4. The molecular weight excluding hydrogens is 318 g/mol. The number of hydrogen-bond donors (Lipinski definition) is 0. The summed E-state index contributed by atoms with van der Waals surface area (Å²) in [4.78, 5) is 2.39. The highest BCUT2D eigenvalue weighted by atomic mass is 28.4. The molecule has 4 nitrogen and oxygen atoms in total. The van der Waals surface area contributed by atoms with E-state index in [4.69, 9.17) is 13.3 Å². The molecule has 1 saturated heterocycles. The second kappa shape index (κ2) is 6.68. The van der Waals surface area contributed by atoms with Gasteiger partial charge in [0.2, 0.25) is 0 Å². The molecule has 0 radical (unpaired) electrons. The van der Waals surface area contributed by atoms with Crippen molar-refractivity contribution in [3.63, 3.8) is 0 Å². The molecular formula is C19H23NO3Si. The minimum absolute atomic E-state index is 0.642. The summed E-state index contributed by atoms with van der Waals surface area (Å²) in [5.74, 6) is 0.869. The van der Waals surface area contributed by atoms with E-state index in [0.717, 1.165) is 42.6 Å². The van der Waals surface area contributed by atoms with Crippen molar-refractivity contribution in [3.8, 4) is 16.9 Å². The Hall–Kier alpha value is -1.66. The van der Waals surface area contributed by atoms with Crippen molar-refractivity contribution < 1.29 is 13.3 Å². The number of rotatable bonds is 2. The van der Waals surface area contributed by atoms with Gasteiger partial charge in [-0.25, -0.2) is 0 Å². The monoisotopic (exact) mass is 341 g/mol. The molecule has 0 bridgehead atoms. The average molecular weight is 341 g/mol. The van der Waals surface area contributed by atoms with Crippen LogP contribution < -0.4 is 9.61 Å². The number of benzene rings is 2. The fourth-order valence-corrected chi connectivity index (χ4v) is 6.15. The van der Waals surface area contributed by atoms with Gasteiger partial charge in [-0.2, -0.15) is 0 Å². The van der Waals surface area contributed by atoms with Crippen LogP contribution in [-0.4, -0.2) is 46.6 Å². The van der Waals surface area contributed by atoms with Gasteiger partial charge in [-0.05, 0) is 24.6 Å². The Kier molecular flexibility index (Phi) is 4.41. The molecule has 5 heteroatoms. The van der Waals surface area contributed by atoms with Crippen molar-refractivity contribution in [2.75, 3.05) is 32.8 Å². The topological polar surface area (TPSA) is 30.9 Å². The van der Waals surface area contributed by atoms with Crippen LogP contribution in [0.5, 0.6) is 5.75 Å². The molecule has 2 aromatic rings. The molecule has 0 unspecified atom stereocenters. The van der Waals surface area contributed by atoms with E-state index < -0.39 is 8.80 Å². The summed E-state index contributed by atoms with van der Waals surface area (Å²) in [6.45, 7) is 6.43. The quantitative estimate of drug-likeness (QED) is 0.786. The molecule has 1 fully saturated rings. The van der Waals surface area contributed by atoms with E-state index in [2.05, 4.69) is 36.1 Å². The fraction of sp³-hybridized carbons (Fsp3) is 0.368. The molecule has 0 N–H and O–H groups in total. The molecule has 2 aliphatic rings. The van der Waals surface area contributed by atoms with Crippen molar-refractivity contribution >= 4 is 14.0 Å². The summed E-state index contributed by atoms with van der Waals surface area (Å²) in [6.07, 6.45) is 1.15. The Morgan fingerprint density at radius 1 is 0.917 bits per heavy atom. The molecule has 0 amide bonds. The first-order valence-corrected chi connectivity index (χ1v) is 10.4. The third-order valence-electron chi connectivity index (χ3n) is 4.62. The van der Waals surface area contributed by atoms with Crippen molar-refractivity contribution in [1.29, 1.82) is 0 Å². The summed E-state index contributed by atoms with van der Waals surface area (Å²) >= 11 is 0. The van der Waals surface area contributed by atoms with Gasteiger partial charge in [-0.15, -0.1) is 0 Å². The van der Waals surface area contributed by atoms with E-state index in [1.807, 2.05) is 24.3 Å². The van der Waals surface area contributed by atoms with Crippen LogP contribution in [0.3, 0.4) is 0 Å². The van der Waals surface area contributed by atoms with Crippen molar-refractivity contribution in [3.05, 3.63) is 48.5 Å². The molecule has 1 spiro atoms. The minimum atomic E-state index is -2.90. The highest BCUT2D eigenvalue weighted by molar-refractivity contribution is 6.78. The maximum Gasteiger partial charge on any atom is 0.603 e. The van der Waals surface area contributed by atoms with Crippen LogP contribution in [-0.2, 0) is 8.85 Å². The maximum atomic E-state index is 6.39. The van der Waals surface area contributed by atoms with Crippen LogP contribution >= 0.6 is 0 Å². The molecule has 2 aliphatic heterocycles. The predicted molar refractivity (Wildman–Crippen MR) is 96.5 cm³/mol. The van der Waals surface area contributed by atoms with Crippen molar-refractivity contribution in [2.24, 2.45) is 0 Å². The first-order chi connectivity index (χ1) is 11.8. The third-order valence-corrected chi connectivity index (χ3v) is 7.37. The van der Waals surface area contributed by atoms with E-state index in [-0.39, 0.29) is 0 Å². The Labute approximate surface area is 144 Å². The lowest BCUT2D eigenvalue weighted by atomic mass is 10.0. The van der Waals surface area contributed by atoms with Crippen LogP contribution in [0, 0.1) is 0 Å². The third kappa shape index (κ3) is 2.78. The second-order valence-corrected chi connectivity index (χ2v) is 8.67. The highest BCUT2D eigenvalue weighted by Crippen LogP contribution is 2.36.